The van der Waals surface area contributed by atoms with Crippen LogP contribution >= 0.6 is 39.9 Å². The minimum atomic E-state index is -0.347. The van der Waals surface area contributed by atoms with Gasteiger partial charge in [0.05, 0.1) is 18.1 Å². The molecular formula is C21H16BrN3O4S2. The molecule has 10 heteroatoms. The minimum absolute atomic E-state index is 0.112. The van der Waals surface area contributed by atoms with Crippen LogP contribution in [-0.4, -0.2) is 44.8 Å². The first-order chi connectivity index (χ1) is 15.0. The summed E-state index contributed by atoms with van der Waals surface area (Å²) in [6.45, 7) is 0.702. The van der Waals surface area contributed by atoms with E-state index in [0.29, 0.717) is 33.8 Å². The van der Waals surface area contributed by atoms with E-state index in [1.54, 1.807) is 43.6 Å². The van der Waals surface area contributed by atoms with Gasteiger partial charge in [-0.2, -0.15) is 4.98 Å². The van der Waals surface area contributed by atoms with E-state index >= 15 is 0 Å². The number of benzene rings is 1. The summed E-state index contributed by atoms with van der Waals surface area (Å²) < 4.78 is 13.7. The highest BCUT2D eigenvalue weighted by Crippen LogP contribution is 2.34. The minimum Gasteiger partial charge on any atom is -0.438 e. The van der Waals surface area contributed by atoms with Crippen LogP contribution in [0.25, 0.3) is 11.7 Å². The van der Waals surface area contributed by atoms with E-state index in [1.165, 1.54) is 15.4 Å². The molecular weight excluding hydrogens is 502 g/mol. The molecule has 1 aliphatic heterocycles. The zero-order valence-electron chi connectivity index (χ0n) is 16.3. The Balaban J connectivity index is 1.80. The molecule has 3 aromatic rings. The van der Waals surface area contributed by atoms with Gasteiger partial charge in [0.25, 0.3) is 11.5 Å². The Morgan fingerprint density at radius 1 is 1.19 bits per heavy atom. The Morgan fingerprint density at radius 2 is 1.97 bits per heavy atom. The highest BCUT2D eigenvalue weighted by atomic mass is 79.9. The summed E-state index contributed by atoms with van der Waals surface area (Å²) in [5.41, 5.74) is 0.253. The normalized spacial score (nSPS) is 15.3. The SMILES string of the molecule is COCCN1C(=O)/C(=C/c2c(Oc3ccc(Br)cc3)nc3ccccn3c2=O)SC1=S. The number of thioether (sulfide) groups is 1. The molecule has 2 aromatic heterocycles. The summed E-state index contributed by atoms with van der Waals surface area (Å²) in [5.74, 6) is 0.345. The fourth-order valence-electron chi connectivity index (χ4n) is 2.90. The van der Waals surface area contributed by atoms with Gasteiger partial charge in [0.1, 0.15) is 21.3 Å². The number of pyridine rings is 1. The maximum Gasteiger partial charge on any atom is 0.269 e. The smallest absolute Gasteiger partial charge is 0.269 e. The molecule has 1 amide bonds. The molecule has 158 valence electrons. The number of aromatic nitrogens is 2. The summed E-state index contributed by atoms with van der Waals surface area (Å²) in [7, 11) is 1.56. The van der Waals surface area contributed by atoms with Crippen molar-refractivity contribution in [2.75, 3.05) is 20.3 Å². The van der Waals surface area contributed by atoms with E-state index in [-0.39, 0.29) is 22.9 Å². The van der Waals surface area contributed by atoms with E-state index in [2.05, 4.69) is 20.9 Å². The molecule has 7 nitrogen and oxygen atoms in total. The standard InChI is InChI=1S/C21H16BrN3O4S2/c1-28-11-10-25-20(27)16(31-21(25)30)12-15-18(29-14-7-5-13(22)6-8-14)23-17-4-2-3-9-24(17)19(15)26/h2-9,12H,10-11H2,1H3/b16-12-. The predicted octanol–water partition coefficient (Wildman–Crippen LogP) is 4.10. The van der Waals surface area contributed by atoms with Gasteiger partial charge in [0.15, 0.2) is 0 Å². The first-order valence-corrected chi connectivity index (χ1v) is 11.2. The lowest BCUT2D eigenvalue weighted by atomic mass is 10.2. The first-order valence-electron chi connectivity index (χ1n) is 9.17. The Hall–Kier alpha value is -2.53. The number of amides is 1. The Labute approximate surface area is 195 Å². The van der Waals surface area contributed by atoms with E-state index in [9.17, 15) is 9.59 Å². The largest absolute Gasteiger partial charge is 0.438 e. The number of halogens is 1. The molecule has 4 rings (SSSR count). The molecule has 0 atom stereocenters. The van der Waals surface area contributed by atoms with Crippen molar-refractivity contribution in [3.8, 4) is 11.6 Å². The molecule has 0 saturated carbocycles. The van der Waals surface area contributed by atoms with Crippen LogP contribution in [0.1, 0.15) is 5.56 Å². The van der Waals surface area contributed by atoms with Crippen LogP contribution in [-0.2, 0) is 9.53 Å². The molecule has 0 aliphatic carbocycles. The number of carbonyl (C=O) groups excluding carboxylic acids is 1. The van der Waals surface area contributed by atoms with Crippen LogP contribution in [0.2, 0.25) is 0 Å². The number of rotatable bonds is 6. The summed E-state index contributed by atoms with van der Waals surface area (Å²) in [5, 5.41) is 0. The molecule has 1 fully saturated rings. The van der Waals surface area contributed by atoms with Crippen LogP contribution in [0.15, 0.2) is 62.8 Å². The van der Waals surface area contributed by atoms with E-state index in [1.807, 2.05) is 12.1 Å². The Bertz CT molecular complexity index is 1260. The van der Waals surface area contributed by atoms with Gasteiger partial charge in [0.2, 0.25) is 5.88 Å². The quantitative estimate of drug-likeness (QED) is 0.360. The molecule has 3 heterocycles. The van der Waals surface area contributed by atoms with Gasteiger partial charge < -0.3 is 9.47 Å². The molecule has 31 heavy (non-hydrogen) atoms. The summed E-state index contributed by atoms with van der Waals surface area (Å²) in [6, 6.07) is 12.4. The lowest BCUT2D eigenvalue weighted by Gasteiger charge is -2.13. The number of nitrogens with zero attached hydrogens (tertiary/aromatic N) is 3. The first kappa shape index (κ1) is 21.7. The second-order valence-corrected chi connectivity index (χ2v) is 9.04. The highest BCUT2D eigenvalue weighted by Gasteiger charge is 2.32. The summed E-state index contributed by atoms with van der Waals surface area (Å²) in [6.07, 6.45) is 3.12. The van der Waals surface area contributed by atoms with Crippen molar-refractivity contribution in [2.45, 2.75) is 0 Å². The second kappa shape index (κ2) is 9.31. The fraction of sp³-hybridized carbons (Fsp3) is 0.143. The number of hydrogen-bond donors (Lipinski definition) is 0. The zero-order valence-corrected chi connectivity index (χ0v) is 19.5. The number of hydrogen-bond acceptors (Lipinski definition) is 7. The van der Waals surface area contributed by atoms with E-state index in [4.69, 9.17) is 21.7 Å². The lowest BCUT2D eigenvalue weighted by Crippen LogP contribution is -2.31. The average Bonchev–Trinajstić information content (AvgIpc) is 3.03. The monoisotopic (exact) mass is 517 g/mol. The van der Waals surface area contributed by atoms with Crippen molar-refractivity contribution in [3.63, 3.8) is 0 Å². The van der Waals surface area contributed by atoms with Crippen molar-refractivity contribution in [2.24, 2.45) is 0 Å². The van der Waals surface area contributed by atoms with Crippen LogP contribution in [0.3, 0.4) is 0 Å². The third-order valence-electron chi connectivity index (χ3n) is 4.43. The third kappa shape index (κ3) is 4.57. The van der Waals surface area contributed by atoms with Crippen LogP contribution in [0.4, 0.5) is 0 Å². The van der Waals surface area contributed by atoms with Crippen molar-refractivity contribution in [1.82, 2.24) is 14.3 Å². The van der Waals surface area contributed by atoms with Gasteiger partial charge in [-0.15, -0.1) is 0 Å². The van der Waals surface area contributed by atoms with Gasteiger partial charge in [-0.05, 0) is 42.5 Å². The molecule has 0 spiro atoms. The maximum atomic E-state index is 13.2. The lowest BCUT2D eigenvalue weighted by molar-refractivity contribution is -0.122. The highest BCUT2D eigenvalue weighted by molar-refractivity contribution is 9.10. The number of fused-ring (bicyclic) bond motifs is 1. The van der Waals surface area contributed by atoms with Gasteiger partial charge in [-0.25, -0.2) is 0 Å². The van der Waals surface area contributed by atoms with Crippen LogP contribution in [0, 0.1) is 0 Å². The van der Waals surface area contributed by atoms with E-state index < -0.39 is 0 Å². The number of methoxy groups -OCH3 is 1. The molecule has 0 N–H and O–H groups in total. The van der Waals surface area contributed by atoms with Gasteiger partial charge in [-0.1, -0.05) is 46.0 Å². The summed E-state index contributed by atoms with van der Waals surface area (Å²) >= 11 is 9.84. The van der Waals surface area contributed by atoms with Crippen LogP contribution in [0.5, 0.6) is 11.6 Å². The van der Waals surface area contributed by atoms with Gasteiger partial charge in [0, 0.05) is 17.8 Å². The Morgan fingerprint density at radius 3 is 2.71 bits per heavy atom. The predicted molar refractivity (Wildman–Crippen MR) is 127 cm³/mol. The van der Waals surface area contributed by atoms with Crippen LogP contribution < -0.4 is 10.3 Å². The topological polar surface area (TPSA) is 73.1 Å². The molecule has 0 unspecified atom stereocenters. The van der Waals surface area contributed by atoms with Crippen molar-refractivity contribution in [1.29, 1.82) is 0 Å². The van der Waals surface area contributed by atoms with Crippen molar-refractivity contribution in [3.05, 3.63) is 74.0 Å². The second-order valence-electron chi connectivity index (χ2n) is 6.45. The molecule has 1 aromatic carbocycles. The Kier molecular flexibility index (Phi) is 6.51. The maximum absolute atomic E-state index is 13.2. The zero-order chi connectivity index (χ0) is 22.0. The number of carbonyl (C=O) groups is 1. The molecule has 1 saturated heterocycles. The third-order valence-corrected chi connectivity index (χ3v) is 6.34. The van der Waals surface area contributed by atoms with Gasteiger partial charge >= 0.3 is 0 Å². The average molecular weight is 518 g/mol. The number of ether oxygens (including phenoxy) is 2. The number of thiocarbonyl (C=S) groups is 1. The summed E-state index contributed by atoms with van der Waals surface area (Å²) in [4.78, 5) is 32.3. The van der Waals surface area contributed by atoms with Crippen molar-refractivity contribution < 1.29 is 14.3 Å². The fourth-order valence-corrected chi connectivity index (χ4v) is 4.46. The molecule has 0 bridgehead atoms. The van der Waals surface area contributed by atoms with Gasteiger partial charge in [-0.3, -0.25) is 18.9 Å². The van der Waals surface area contributed by atoms with Crippen molar-refractivity contribution >= 4 is 61.9 Å². The molecule has 1 aliphatic rings. The molecule has 0 radical (unpaired) electrons. The van der Waals surface area contributed by atoms with E-state index in [0.717, 1.165) is 16.2 Å².